The highest BCUT2D eigenvalue weighted by Crippen LogP contribution is 2.33. The van der Waals surface area contributed by atoms with E-state index in [1.165, 1.54) is 24.4 Å². The second-order valence-electron chi connectivity index (χ2n) is 4.63. The van der Waals surface area contributed by atoms with Gasteiger partial charge < -0.3 is 10.2 Å². The van der Waals surface area contributed by atoms with Gasteiger partial charge in [0, 0.05) is 22.3 Å². The summed E-state index contributed by atoms with van der Waals surface area (Å²) >= 11 is 3.13. The number of benzene rings is 2. The molecule has 0 aliphatic carbocycles. The zero-order valence-electron chi connectivity index (χ0n) is 11.9. The van der Waals surface area contributed by atoms with Crippen LogP contribution in [-0.4, -0.2) is 27.3 Å². The number of carbonyl (C=O) groups is 1. The van der Waals surface area contributed by atoms with E-state index in [-0.39, 0.29) is 11.1 Å². The van der Waals surface area contributed by atoms with E-state index in [0.29, 0.717) is 15.7 Å². The van der Waals surface area contributed by atoms with Gasteiger partial charge in [-0.3, -0.25) is 15.1 Å². The number of aromatic carboxylic acids is 1. The molecule has 0 amide bonds. The monoisotopic (exact) mass is 378 g/mol. The number of carboxylic acids is 1. The number of carboxylic acid groups (broad SMARTS) is 1. The minimum atomic E-state index is -1.07. The predicted octanol–water partition coefficient (Wildman–Crippen LogP) is 3.82. The van der Waals surface area contributed by atoms with E-state index in [0.717, 1.165) is 0 Å². The minimum absolute atomic E-state index is 0.115. The molecule has 0 spiro atoms. The Kier molecular flexibility index (Phi) is 4.75. The van der Waals surface area contributed by atoms with Crippen molar-refractivity contribution in [3.63, 3.8) is 0 Å². The van der Waals surface area contributed by atoms with E-state index in [1.54, 1.807) is 19.1 Å². The fourth-order valence-corrected chi connectivity index (χ4v) is 2.44. The highest BCUT2D eigenvalue weighted by molar-refractivity contribution is 9.10. The van der Waals surface area contributed by atoms with Gasteiger partial charge in [-0.1, -0.05) is 22.0 Å². The van der Waals surface area contributed by atoms with Crippen molar-refractivity contribution in [3.8, 4) is 5.75 Å². The SMILES string of the molecule is Cc1c(N=Cc2cc(Br)cc([N+](=O)[O-])c2O)cccc1C(=O)O. The Balaban J connectivity index is 2.48. The minimum Gasteiger partial charge on any atom is -0.502 e. The number of nitrogens with zero attached hydrogens (tertiary/aromatic N) is 2. The molecule has 0 aliphatic heterocycles. The van der Waals surface area contributed by atoms with Gasteiger partial charge in [0.2, 0.25) is 5.75 Å². The topological polar surface area (TPSA) is 113 Å². The Bertz CT molecular complexity index is 833. The molecule has 2 aromatic rings. The van der Waals surface area contributed by atoms with Crippen LogP contribution in [0.5, 0.6) is 5.75 Å². The van der Waals surface area contributed by atoms with Crippen LogP contribution in [0.25, 0.3) is 0 Å². The molecule has 0 atom stereocenters. The fourth-order valence-electron chi connectivity index (χ4n) is 1.98. The van der Waals surface area contributed by atoms with Gasteiger partial charge in [0.25, 0.3) is 0 Å². The van der Waals surface area contributed by atoms with Gasteiger partial charge in [-0.05, 0) is 30.7 Å². The van der Waals surface area contributed by atoms with Crippen molar-refractivity contribution in [2.45, 2.75) is 6.92 Å². The van der Waals surface area contributed by atoms with Gasteiger partial charge >= 0.3 is 11.7 Å². The first kappa shape index (κ1) is 16.6. The lowest BCUT2D eigenvalue weighted by molar-refractivity contribution is -0.385. The van der Waals surface area contributed by atoms with Crippen LogP contribution < -0.4 is 0 Å². The Morgan fingerprint density at radius 3 is 2.70 bits per heavy atom. The van der Waals surface area contributed by atoms with E-state index in [2.05, 4.69) is 20.9 Å². The number of phenols is 1. The van der Waals surface area contributed by atoms with E-state index in [1.807, 2.05) is 0 Å². The zero-order valence-corrected chi connectivity index (χ0v) is 13.4. The van der Waals surface area contributed by atoms with Gasteiger partial charge in [-0.25, -0.2) is 4.79 Å². The zero-order chi connectivity index (χ0) is 17.1. The van der Waals surface area contributed by atoms with Crippen molar-refractivity contribution in [2.24, 2.45) is 4.99 Å². The molecule has 0 aliphatic rings. The summed E-state index contributed by atoms with van der Waals surface area (Å²) in [6.45, 7) is 1.61. The van der Waals surface area contributed by atoms with Crippen LogP contribution in [-0.2, 0) is 0 Å². The van der Waals surface area contributed by atoms with Crippen molar-refractivity contribution in [3.05, 3.63) is 61.6 Å². The van der Waals surface area contributed by atoms with Crippen LogP contribution >= 0.6 is 15.9 Å². The maximum absolute atomic E-state index is 11.1. The number of phenolic OH excluding ortho intramolecular Hbond substituents is 1. The summed E-state index contributed by atoms with van der Waals surface area (Å²) in [6, 6.07) is 7.28. The Hall–Kier alpha value is -2.74. The third-order valence-electron chi connectivity index (χ3n) is 3.16. The molecule has 0 saturated carbocycles. The summed E-state index contributed by atoms with van der Waals surface area (Å²) < 4.78 is 0.416. The molecule has 8 heteroatoms. The molecular weight excluding hydrogens is 368 g/mol. The normalized spacial score (nSPS) is 10.9. The molecule has 0 fully saturated rings. The molecule has 2 aromatic carbocycles. The van der Waals surface area contributed by atoms with E-state index in [4.69, 9.17) is 5.11 Å². The molecule has 2 N–H and O–H groups in total. The van der Waals surface area contributed by atoms with E-state index < -0.39 is 22.3 Å². The smallest absolute Gasteiger partial charge is 0.336 e. The van der Waals surface area contributed by atoms with Gasteiger partial charge in [0.05, 0.1) is 16.2 Å². The molecule has 0 radical (unpaired) electrons. The predicted molar refractivity (Wildman–Crippen MR) is 87.9 cm³/mol. The summed E-state index contributed by atoms with van der Waals surface area (Å²) in [5, 5.41) is 29.9. The third-order valence-corrected chi connectivity index (χ3v) is 3.62. The average Bonchev–Trinajstić information content (AvgIpc) is 2.48. The molecule has 7 nitrogen and oxygen atoms in total. The number of halogens is 1. The van der Waals surface area contributed by atoms with Crippen LogP contribution in [0.1, 0.15) is 21.5 Å². The van der Waals surface area contributed by atoms with Crippen LogP contribution in [0.2, 0.25) is 0 Å². The fraction of sp³-hybridized carbons (Fsp3) is 0.0667. The number of aliphatic imine (C=N–C) groups is 1. The number of rotatable bonds is 4. The van der Waals surface area contributed by atoms with Crippen molar-refractivity contribution >= 4 is 39.5 Å². The van der Waals surface area contributed by atoms with Gasteiger partial charge in [-0.2, -0.15) is 0 Å². The number of hydrogen-bond acceptors (Lipinski definition) is 5. The van der Waals surface area contributed by atoms with Crippen LogP contribution in [0.4, 0.5) is 11.4 Å². The van der Waals surface area contributed by atoms with Crippen molar-refractivity contribution in [1.29, 1.82) is 0 Å². The summed E-state index contributed by atoms with van der Waals surface area (Å²) in [4.78, 5) is 25.4. The first-order chi connectivity index (χ1) is 10.8. The van der Waals surface area contributed by atoms with E-state index in [9.17, 15) is 20.0 Å². The molecule has 0 heterocycles. The van der Waals surface area contributed by atoms with Crippen LogP contribution in [0, 0.1) is 17.0 Å². The largest absolute Gasteiger partial charge is 0.502 e. The number of aromatic hydroxyl groups is 1. The highest BCUT2D eigenvalue weighted by atomic mass is 79.9. The molecule has 0 saturated heterocycles. The average molecular weight is 379 g/mol. The molecular formula is C15H11BrN2O5. The third kappa shape index (κ3) is 3.54. The van der Waals surface area contributed by atoms with Crippen LogP contribution in [0.3, 0.4) is 0 Å². The Morgan fingerprint density at radius 2 is 2.09 bits per heavy atom. The Labute approximate surface area is 139 Å². The lowest BCUT2D eigenvalue weighted by atomic mass is 10.1. The second kappa shape index (κ2) is 6.57. The maximum Gasteiger partial charge on any atom is 0.336 e. The van der Waals surface area contributed by atoms with Gasteiger partial charge in [0.1, 0.15) is 0 Å². The first-order valence-electron chi connectivity index (χ1n) is 6.35. The summed E-state index contributed by atoms with van der Waals surface area (Å²) in [7, 11) is 0. The molecule has 2 rings (SSSR count). The quantitative estimate of drug-likeness (QED) is 0.476. The summed E-state index contributed by atoms with van der Waals surface area (Å²) in [6.07, 6.45) is 1.25. The Morgan fingerprint density at radius 1 is 1.39 bits per heavy atom. The number of hydrogen-bond donors (Lipinski definition) is 2. The number of nitro groups is 1. The summed E-state index contributed by atoms with van der Waals surface area (Å²) in [5.74, 6) is -1.57. The maximum atomic E-state index is 11.1. The standard InChI is InChI=1S/C15H11BrN2O5/c1-8-11(15(20)21)3-2-4-12(8)17-7-9-5-10(16)6-13(14(9)19)18(22)23/h2-7,19H,1H3,(H,20,21). The van der Waals surface area contributed by atoms with Crippen molar-refractivity contribution in [2.75, 3.05) is 0 Å². The summed E-state index contributed by atoms with van der Waals surface area (Å²) in [5.41, 5.74) is 0.666. The molecule has 0 aromatic heterocycles. The highest BCUT2D eigenvalue weighted by Gasteiger charge is 2.17. The van der Waals surface area contributed by atoms with Crippen molar-refractivity contribution in [1.82, 2.24) is 0 Å². The lowest BCUT2D eigenvalue weighted by Crippen LogP contribution is -1.99. The van der Waals surface area contributed by atoms with Crippen molar-refractivity contribution < 1.29 is 19.9 Å². The first-order valence-corrected chi connectivity index (χ1v) is 7.14. The lowest BCUT2D eigenvalue weighted by Gasteiger charge is -2.05. The van der Waals surface area contributed by atoms with Crippen LogP contribution in [0.15, 0.2) is 39.8 Å². The molecule has 23 heavy (non-hydrogen) atoms. The molecule has 118 valence electrons. The second-order valence-corrected chi connectivity index (χ2v) is 5.55. The molecule has 0 bridgehead atoms. The van der Waals surface area contributed by atoms with Gasteiger partial charge in [-0.15, -0.1) is 0 Å². The number of nitro benzene ring substituents is 1. The molecule has 0 unspecified atom stereocenters. The van der Waals surface area contributed by atoms with Gasteiger partial charge in [0.15, 0.2) is 0 Å². The van der Waals surface area contributed by atoms with E-state index >= 15 is 0 Å².